The van der Waals surface area contributed by atoms with Gasteiger partial charge in [-0.2, -0.15) is 0 Å². The maximum Gasteiger partial charge on any atom is 0.303 e. The normalized spacial score (nSPS) is 12.9. The monoisotopic (exact) mass is 548 g/mol. The van der Waals surface area contributed by atoms with Gasteiger partial charge in [-0.3, -0.25) is 19.4 Å². The molecule has 35 heavy (non-hydrogen) atoms. The summed E-state index contributed by atoms with van der Waals surface area (Å²) in [7, 11) is 0. The van der Waals surface area contributed by atoms with Crippen LogP contribution in [0.5, 0.6) is 11.5 Å². The Morgan fingerprint density at radius 1 is 1.09 bits per heavy atom. The quantitative estimate of drug-likeness (QED) is 0.308. The predicted octanol–water partition coefficient (Wildman–Crippen LogP) is 3.16. The number of nitrogens with zero attached hydrogens (tertiary/aromatic N) is 1. The van der Waals surface area contributed by atoms with Crippen LogP contribution in [0.2, 0.25) is 0 Å². The number of carboxylic acids is 1. The highest BCUT2D eigenvalue weighted by Gasteiger charge is 2.11. The SMILES string of the molecule is NC(=O)CNC(=O)c1cc(O)cc(NC2=NCCCCC2)c1.O=C(O)CCc1cccc(Br)c1O. The van der Waals surface area contributed by atoms with Crippen molar-refractivity contribution < 1.29 is 29.7 Å². The number of aromatic hydroxyl groups is 2. The number of primary amides is 1. The first-order valence-electron chi connectivity index (χ1n) is 11.0. The summed E-state index contributed by atoms with van der Waals surface area (Å²) >= 11 is 3.16. The lowest BCUT2D eigenvalue weighted by molar-refractivity contribution is -0.137. The van der Waals surface area contributed by atoms with E-state index >= 15 is 0 Å². The fourth-order valence-corrected chi connectivity index (χ4v) is 3.64. The number of phenolic OH excluding ortho intramolecular Hbond substituents is 2. The maximum absolute atomic E-state index is 11.9. The topological polar surface area (TPSA) is 174 Å². The highest BCUT2D eigenvalue weighted by Crippen LogP contribution is 2.28. The van der Waals surface area contributed by atoms with Crippen LogP contribution in [0.4, 0.5) is 5.69 Å². The molecular weight excluding hydrogens is 520 g/mol. The van der Waals surface area contributed by atoms with E-state index in [2.05, 4.69) is 31.6 Å². The van der Waals surface area contributed by atoms with E-state index in [-0.39, 0.29) is 30.0 Å². The van der Waals surface area contributed by atoms with Crippen LogP contribution in [0.25, 0.3) is 0 Å². The summed E-state index contributed by atoms with van der Waals surface area (Å²) in [4.78, 5) is 37.3. The summed E-state index contributed by atoms with van der Waals surface area (Å²) in [5.74, 6) is -1.02. The first kappa shape index (κ1) is 27.6. The fraction of sp³-hybridized carbons (Fsp3) is 0.333. The second kappa shape index (κ2) is 14.0. The number of halogens is 1. The number of carboxylic acid groups (broad SMARTS) is 1. The maximum atomic E-state index is 11.9. The van der Waals surface area contributed by atoms with Crippen LogP contribution in [0.3, 0.4) is 0 Å². The van der Waals surface area contributed by atoms with Crippen molar-refractivity contribution >= 4 is 45.2 Å². The standard InChI is InChI=1S/C15H20N4O3.C9H9BrO3/c16-13(21)9-18-15(22)10-6-11(8-12(20)7-10)19-14-4-2-1-3-5-17-14;10-7-3-1-2-6(9(7)13)4-5-8(11)12/h6-8,20H,1-5,9H2,(H2,16,21)(H,17,19)(H,18,22);1-3,13H,4-5H2,(H,11,12). The number of carbonyl (C=O) groups excluding carboxylic acids is 2. The fourth-order valence-electron chi connectivity index (χ4n) is 3.23. The third-order valence-electron chi connectivity index (χ3n) is 4.94. The van der Waals surface area contributed by atoms with Crippen molar-refractivity contribution in [2.45, 2.75) is 38.5 Å². The van der Waals surface area contributed by atoms with Gasteiger partial charge in [-0.1, -0.05) is 18.6 Å². The molecule has 0 unspecified atom stereocenters. The third-order valence-corrected chi connectivity index (χ3v) is 5.58. The Morgan fingerprint density at radius 3 is 2.57 bits per heavy atom. The molecular formula is C24H29BrN4O6. The molecule has 0 saturated heterocycles. The Labute approximate surface area is 211 Å². The van der Waals surface area contributed by atoms with E-state index < -0.39 is 17.8 Å². The average Bonchev–Trinajstić information content (AvgIpc) is 3.07. The zero-order valence-electron chi connectivity index (χ0n) is 19.1. The largest absolute Gasteiger partial charge is 0.508 e. The number of para-hydroxylation sites is 1. The molecule has 2 amide bonds. The van der Waals surface area contributed by atoms with Gasteiger partial charge in [0.05, 0.1) is 11.0 Å². The highest BCUT2D eigenvalue weighted by molar-refractivity contribution is 9.10. The molecule has 1 heterocycles. The molecule has 0 aromatic heterocycles. The number of nitrogens with one attached hydrogen (secondary N) is 2. The van der Waals surface area contributed by atoms with Crippen molar-refractivity contribution in [3.05, 3.63) is 52.0 Å². The molecule has 2 aromatic carbocycles. The van der Waals surface area contributed by atoms with Crippen LogP contribution in [-0.2, 0) is 16.0 Å². The molecule has 0 saturated carbocycles. The van der Waals surface area contributed by atoms with E-state index in [1.54, 1.807) is 24.3 Å². The van der Waals surface area contributed by atoms with Gasteiger partial charge in [0.2, 0.25) is 5.91 Å². The number of phenols is 2. The lowest BCUT2D eigenvalue weighted by Crippen LogP contribution is -2.33. The lowest BCUT2D eigenvalue weighted by atomic mass is 10.1. The molecule has 1 aliphatic heterocycles. The number of rotatable bonds is 7. The summed E-state index contributed by atoms with van der Waals surface area (Å²) < 4.78 is 0.593. The number of anilines is 1. The molecule has 0 atom stereocenters. The van der Waals surface area contributed by atoms with Crippen molar-refractivity contribution in [2.75, 3.05) is 18.4 Å². The van der Waals surface area contributed by atoms with Crippen molar-refractivity contribution in [3.63, 3.8) is 0 Å². The zero-order valence-corrected chi connectivity index (χ0v) is 20.7. The highest BCUT2D eigenvalue weighted by atomic mass is 79.9. The molecule has 0 bridgehead atoms. The molecule has 0 spiro atoms. The number of amides is 2. The summed E-state index contributed by atoms with van der Waals surface area (Å²) in [6.45, 7) is 0.539. The van der Waals surface area contributed by atoms with E-state index in [0.717, 1.165) is 38.1 Å². The molecule has 188 valence electrons. The Hall–Kier alpha value is -3.60. The minimum absolute atomic E-state index is 0.0318. The van der Waals surface area contributed by atoms with Crippen LogP contribution >= 0.6 is 15.9 Å². The van der Waals surface area contributed by atoms with E-state index in [1.165, 1.54) is 12.1 Å². The van der Waals surface area contributed by atoms with Crippen LogP contribution < -0.4 is 16.4 Å². The number of hydrogen-bond donors (Lipinski definition) is 6. The predicted molar refractivity (Wildman–Crippen MR) is 136 cm³/mol. The van der Waals surface area contributed by atoms with Crippen molar-refractivity contribution in [2.24, 2.45) is 10.7 Å². The van der Waals surface area contributed by atoms with Gasteiger partial charge in [-0.05, 0) is 59.0 Å². The first-order valence-corrected chi connectivity index (χ1v) is 11.8. The van der Waals surface area contributed by atoms with Gasteiger partial charge in [0.25, 0.3) is 5.91 Å². The molecule has 11 heteroatoms. The molecule has 1 aliphatic rings. The third kappa shape index (κ3) is 10.0. The Balaban J connectivity index is 0.000000283. The number of carbonyl (C=O) groups is 3. The van der Waals surface area contributed by atoms with Gasteiger partial charge in [0, 0.05) is 36.7 Å². The lowest BCUT2D eigenvalue weighted by Gasteiger charge is -2.11. The van der Waals surface area contributed by atoms with E-state index in [4.69, 9.17) is 10.8 Å². The Bertz CT molecular complexity index is 1090. The molecule has 2 aromatic rings. The van der Waals surface area contributed by atoms with Crippen LogP contribution in [0, 0.1) is 0 Å². The number of aliphatic carboxylic acids is 1. The van der Waals surface area contributed by atoms with Gasteiger partial charge in [0.15, 0.2) is 0 Å². The number of nitrogens with two attached hydrogens (primary N) is 1. The minimum Gasteiger partial charge on any atom is -0.508 e. The summed E-state index contributed by atoms with van der Waals surface area (Å²) in [5.41, 5.74) is 6.47. The smallest absolute Gasteiger partial charge is 0.303 e. The summed E-state index contributed by atoms with van der Waals surface area (Å²) in [5, 5.41) is 33.2. The number of aryl methyl sites for hydroxylation is 1. The molecule has 7 N–H and O–H groups in total. The first-order chi connectivity index (χ1) is 16.7. The van der Waals surface area contributed by atoms with Crippen molar-refractivity contribution in [1.82, 2.24) is 5.32 Å². The average molecular weight is 549 g/mol. The van der Waals surface area contributed by atoms with Crippen LogP contribution in [0.15, 0.2) is 45.9 Å². The van der Waals surface area contributed by atoms with Crippen molar-refractivity contribution in [3.8, 4) is 11.5 Å². The van der Waals surface area contributed by atoms with E-state index in [1.807, 2.05) is 0 Å². The van der Waals surface area contributed by atoms with Gasteiger partial charge >= 0.3 is 5.97 Å². The molecule has 10 nitrogen and oxygen atoms in total. The molecule has 3 rings (SSSR count). The molecule has 0 fully saturated rings. The van der Waals surface area contributed by atoms with Crippen LogP contribution in [-0.4, -0.2) is 52.0 Å². The minimum atomic E-state index is -0.862. The van der Waals surface area contributed by atoms with Gasteiger partial charge < -0.3 is 31.7 Å². The zero-order chi connectivity index (χ0) is 25.8. The van der Waals surface area contributed by atoms with Crippen LogP contribution in [0.1, 0.15) is 48.0 Å². The van der Waals surface area contributed by atoms with Gasteiger partial charge in [-0.15, -0.1) is 0 Å². The molecule has 0 radical (unpaired) electrons. The number of aliphatic imine (C=N–C) groups is 1. The second-order valence-electron chi connectivity index (χ2n) is 7.82. The second-order valence-corrected chi connectivity index (χ2v) is 8.68. The number of hydrogen-bond acceptors (Lipinski definition) is 7. The van der Waals surface area contributed by atoms with Gasteiger partial charge in [-0.25, -0.2) is 0 Å². The van der Waals surface area contributed by atoms with E-state index in [9.17, 15) is 24.6 Å². The van der Waals surface area contributed by atoms with Crippen molar-refractivity contribution in [1.29, 1.82) is 0 Å². The summed E-state index contributed by atoms with van der Waals surface area (Å²) in [6.07, 6.45) is 4.52. The number of amidine groups is 1. The Morgan fingerprint density at radius 2 is 1.86 bits per heavy atom. The van der Waals surface area contributed by atoms with E-state index in [0.29, 0.717) is 22.1 Å². The number of benzene rings is 2. The Kier molecular flexibility index (Phi) is 11.0. The summed E-state index contributed by atoms with van der Waals surface area (Å²) in [6, 6.07) is 9.64. The van der Waals surface area contributed by atoms with Gasteiger partial charge in [0.1, 0.15) is 17.3 Å². The molecule has 0 aliphatic carbocycles.